The molecule has 84 valence electrons. The lowest BCUT2D eigenvalue weighted by Gasteiger charge is -2.17. The van der Waals surface area contributed by atoms with E-state index in [1.54, 1.807) is 36.4 Å². The number of alkyl halides is 3. The van der Waals surface area contributed by atoms with E-state index in [0.29, 0.717) is 5.39 Å². The Kier molecular flexibility index (Phi) is 2.84. The van der Waals surface area contributed by atoms with Gasteiger partial charge < -0.3 is 0 Å². The van der Waals surface area contributed by atoms with Crippen molar-refractivity contribution >= 4 is 23.4 Å². The molecule has 2 aromatic rings. The molecule has 0 aliphatic rings. The maximum absolute atomic E-state index is 12.6. The van der Waals surface area contributed by atoms with E-state index in [-0.39, 0.29) is 5.56 Å². The maximum Gasteiger partial charge on any atom is 0.404 e. The summed E-state index contributed by atoms with van der Waals surface area (Å²) in [5, 5.41) is -0.343. The molecule has 0 heterocycles. The molecule has 0 spiro atoms. The summed E-state index contributed by atoms with van der Waals surface area (Å²) >= 11 is 3.65. The van der Waals surface area contributed by atoms with Crippen molar-refractivity contribution in [3.05, 3.63) is 48.0 Å². The van der Waals surface area contributed by atoms with Crippen molar-refractivity contribution in [2.45, 2.75) is 11.4 Å². The number of fused-ring (bicyclic) bond motifs is 1. The minimum absolute atomic E-state index is 0.203. The second-order valence-electron chi connectivity index (χ2n) is 3.51. The standard InChI is InChI=1S/C12H9F3S/c13-12(14,15)11(16)10-7-3-5-8-4-1-2-6-9(8)10/h1-7,11,16H. The van der Waals surface area contributed by atoms with E-state index in [2.05, 4.69) is 12.6 Å². The van der Waals surface area contributed by atoms with Crippen LogP contribution in [0.3, 0.4) is 0 Å². The van der Waals surface area contributed by atoms with Crippen molar-refractivity contribution in [1.82, 2.24) is 0 Å². The van der Waals surface area contributed by atoms with Crippen molar-refractivity contribution in [2.75, 3.05) is 0 Å². The third-order valence-electron chi connectivity index (χ3n) is 2.43. The quantitative estimate of drug-likeness (QED) is 0.705. The largest absolute Gasteiger partial charge is 0.404 e. The molecule has 2 rings (SSSR count). The van der Waals surface area contributed by atoms with Gasteiger partial charge in [0.15, 0.2) is 0 Å². The SMILES string of the molecule is FC(F)(F)C(S)c1cccc2ccccc12. The van der Waals surface area contributed by atoms with Gasteiger partial charge >= 0.3 is 6.18 Å². The van der Waals surface area contributed by atoms with Crippen LogP contribution in [0.25, 0.3) is 10.8 Å². The highest BCUT2D eigenvalue weighted by atomic mass is 32.1. The van der Waals surface area contributed by atoms with E-state index >= 15 is 0 Å². The highest BCUT2D eigenvalue weighted by Crippen LogP contribution is 2.40. The van der Waals surface area contributed by atoms with Crippen LogP contribution in [0.4, 0.5) is 13.2 Å². The molecule has 0 aliphatic heterocycles. The predicted molar refractivity (Wildman–Crippen MR) is 61.7 cm³/mol. The summed E-state index contributed by atoms with van der Waals surface area (Å²) in [6, 6.07) is 11.9. The molecule has 1 unspecified atom stereocenters. The Bertz CT molecular complexity index is 500. The zero-order chi connectivity index (χ0) is 11.8. The lowest BCUT2D eigenvalue weighted by atomic mass is 10.0. The predicted octanol–water partition coefficient (Wildman–Crippen LogP) is 4.37. The van der Waals surface area contributed by atoms with Crippen LogP contribution in [0.5, 0.6) is 0 Å². The van der Waals surface area contributed by atoms with Gasteiger partial charge in [-0.05, 0) is 16.3 Å². The Hall–Kier alpha value is -1.16. The van der Waals surface area contributed by atoms with Gasteiger partial charge in [0.25, 0.3) is 0 Å². The van der Waals surface area contributed by atoms with Gasteiger partial charge in [0, 0.05) is 0 Å². The second-order valence-corrected chi connectivity index (χ2v) is 4.03. The van der Waals surface area contributed by atoms with Gasteiger partial charge in [-0.15, -0.1) is 0 Å². The molecule has 0 nitrogen and oxygen atoms in total. The number of hydrogen-bond acceptors (Lipinski definition) is 1. The van der Waals surface area contributed by atoms with Crippen LogP contribution in [0, 0.1) is 0 Å². The summed E-state index contributed by atoms with van der Waals surface area (Å²) in [5.74, 6) is 0. The molecule has 0 aliphatic carbocycles. The molecule has 1 atom stereocenters. The Labute approximate surface area is 96.5 Å². The van der Waals surface area contributed by atoms with Crippen LogP contribution in [-0.4, -0.2) is 6.18 Å². The number of benzene rings is 2. The molecule has 0 amide bonds. The van der Waals surface area contributed by atoms with Crippen molar-refractivity contribution in [1.29, 1.82) is 0 Å². The molecular weight excluding hydrogens is 233 g/mol. The average molecular weight is 242 g/mol. The molecular formula is C12H9F3S. The van der Waals surface area contributed by atoms with E-state index in [4.69, 9.17) is 0 Å². The summed E-state index contributed by atoms with van der Waals surface area (Å²) in [4.78, 5) is 0. The highest BCUT2D eigenvalue weighted by molar-refractivity contribution is 7.80. The molecule has 0 saturated heterocycles. The fourth-order valence-corrected chi connectivity index (χ4v) is 1.89. The van der Waals surface area contributed by atoms with Crippen LogP contribution in [-0.2, 0) is 0 Å². The topological polar surface area (TPSA) is 0 Å². The molecule has 0 N–H and O–H groups in total. The number of rotatable bonds is 1. The molecule has 0 radical (unpaired) electrons. The average Bonchev–Trinajstić information content (AvgIpc) is 2.26. The first-order valence-electron chi connectivity index (χ1n) is 4.72. The molecule has 0 aromatic heterocycles. The van der Waals surface area contributed by atoms with E-state index in [0.717, 1.165) is 5.39 Å². The first-order valence-corrected chi connectivity index (χ1v) is 5.24. The fourth-order valence-electron chi connectivity index (χ4n) is 1.67. The Morgan fingerprint density at radius 3 is 2.25 bits per heavy atom. The van der Waals surface area contributed by atoms with Crippen LogP contribution in [0.1, 0.15) is 10.8 Å². The van der Waals surface area contributed by atoms with E-state index in [9.17, 15) is 13.2 Å². The molecule has 0 saturated carbocycles. The van der Waals surface area contributed by atoms with Crippen molar-refractivity contribution in [2.24, 2.45) is 0 Å². The zero-order valence-corrected chi connectivity index (χ0v) is 9.09. The van der Waals surface area contributed by atoms with Crippen molar-refractivity contribution < 1.29 is 13.2 Å². The van der Waals surface area contributed by atoms with Crippen LogP contribution in [0.15, 0.2) is 42.5 Å². The minimum Gasteiger partial charge on any atom is -0.169 e. The van der Waals surface area contributed by atoms with E-state index in [1.165, 1.54) is 6.07 Å². The lowest BCUT2D eigenvalue weighted by Crippen LogP contribution is -2.15. The molecule has 16 heavy (non-hydrogen) atoms. The Morgan fingerprint density at radius 1 is 0.938 bits per heavy atom. The number of halogens is 3. The van der Waals surface area contributed by atoms with Crippen LogP contribution < -0.4 is 0 Å². The normalized spacial score (nSPS) is 14.0. The molecule has 2 aromatic carbocycles. The monoisotopic (exact) mass is 242 g/mol. The van der Waals surface area contributed by atoms with Gasteiger partial charge in [0.05, 0.1) is 0 Å². The fraction of sp³-hybridized carbons (Fsp3) is 0.167. The molecule has 0 fully saturated rings. The first-order chi connectivity index (χ1) is 7.50. The Morgan fingerprint density at radius 2 is 1.56 bits per heavy atom. The van der Waals surface area contributed by atoms with Crippen LogP contribution in [0.2, 0.25) is 0 Å². The maximum atomic E-state index is 12.6. The zero-order valence-electron chi connectivity index (χ0n) is 8.20. The van der Waals surface area contributed by atoms with Gasteiger partial charge in [-0.3, -0.25) is 0 Å². The summed E-state index contributed by atoms with van der Waals surface area (Å²) in [6.45, 7) is 0. The van der Waals surface area contributed by atoms with E-state index < -0.39 is 11.4 Å². The van der Waals surface area contributed by atoms with Gasteiger partial charge in [-0.2, -0.15) is 25.8 Å². The van der Waals surface area contributed by atoms with Gasteiger partial charge in [0.1, 0.15) is 5.25 Å². The number of thiol groups is 1. The molecule has 0 bridgehead atoms. The third kappa shape index (κ3) is 2.02. The minimum atomic E-state index is -4.33. The van der Waals surface area contributed by atoms with Crippen molar-refractivity contribution in [3.8, 4) is 0 Å². The first kappa shape index (κ1) is 11.3. The summed E-state index contributed by atoms with van der Waals surface area (Å²) in [6.07, 6.45) is -4.33. The van der Waals surface area contributed by atoms with Gasteiger partial charge in [-0.1, -0.05) is 42.5 Å². The Balaban J connectivity index is 2.61. The molecule has 4 heteroatoms. The van der Waals surface area contributed by atoms with E-state index in [1.807, 2.05) is 0 Å². The summed E-state index contributed by atoms with van der Waals surface area (Å²) in [5.41, 5.74) is 0.203. The smallest absolute Gasteiger partial charge is 0.169 e. The highest BCUT2D eigenvalue weighted by Gasteiger charge is 2.38. The lowest BCUT2D eigenvalue weighted by molar-refractivity contribution is -0.129. The second kappa shape index (κ2) is 4.01. The third-order valence-corrected chi connectivity index (χ3v) is 3.00. The van der Waals surface area contributed by atoms with Gasteiger partial charge in [-0.25, -0.2) is 0 Å². The van der Waals surface area contributed by atoms with Crippen molar-refractivity contribution in [3.63, 3.8) is 0 Å². The van der Waals surface area contributed by atoms with Crippen LogP contribution >= 0.6 is 12.6 Å². The van der Waals surface area contributed by atoms with Gasteiger partial charge in [0.2, 0.25) is 0 Å². The number of hydrogen-bond donors (Lipinski definition) is 1. The summed E-state index contributed by atoms with van der Waals surface area (Å²) < 4.78 is 37.8. The summed E-state index contributed by atoms with van der Waals surface area (Å²) in [7, 11) is 0.